The van der Waals surface area contributed by atoms with E-state index in [2.05, 4.69) is 28.8 Å². The maximum Gasteiger partial charge on any atom is 0.219 e. The number of nitrogens with zero attached hydrogens (tertiary/aromatic N) is 1. The van der Waals surface area contributed by atoms with Crippen LogP contribution in [0.1, 0.15) is 36.8 Å². The molecule has 6 rings (SSSR count). The van der Waals surface area contributed by atoms with E-state index in [1.807, 2.05) is 42.5 Å². The molecule has 172 valence electrons. The van der Waals surface area contributed by atoms with E-state index in [0.29, 0.717) is 12.2 Å². The molecule has 34 heavy (non-hydrogen) atoms. The minimum absolute atomic E-state index is 0.162. The predicted octanol–water partition coefficient (Wildman–Crippen LogP) is 3.39. The molecule has 0 unspecified atom stereocenters. The Hall–Kier alpha value is -3.63. The van der Waals surface area contributed by atoms with E-state index in [1.54, 1.807) is 7.11 Å². The number of para-hydroxylation sites is 1. The van der Waals surface area contributed by atoms with Crippen molar-refractivity contribution in [2.45, 2.75) is 43.1 Å². The molecule has 7 heteroatoms. The summed E-state index contributed by atoms with van der Waals surface area (Å²) in [5.74, 6) is -1.05. The van der Waals surface area contributed by atoms with Crippen LogP contribution < -0.4 is 15.4 Å². The van der Waals surface area contributed by atoms with Gasteiger partial charge in [-0.3, -0.25) is 9.59 Å². The van der Waals surface area contributed by atoms with Crippen molar-refractivity contribution in [2.75, 3.05) is 12.4 Å². The smallest absolute Gasteiger partial charge is 0.219 e. The second kappa shape index (κ2) is 7.18. The number of nitrogens with one attached hydrogen (secondary N) is 2. The second-order valence-electron chi connectivity index (χ2n) is 9.60. The molecule has 0 aromatic heterocycles. The number of fused-ring (bicyclic) bond motifs is 8. The predicted molar refractivity (Wildman–Crippen MR) is 125 cm³/mol. The van der Waals surface area contributed by atoms with E-state index in [9.17, 15) is 14.9 Å². The van der Waals surface area contributed by atoms with Crippen molar-refractivity contribution in [3.05, 3.63) is 65.7 Å². The number of allylic oxidation sites excluding steroid dienone is 1. The van der Waals surface area contributed by atoms with Gasteiger partial charge in [-0.25, -0.2) is 0 Å². The Balaban J connectivity index is 1.50. The second-order valence-corrected chi connectivity index (χ2v) is 9.60. The van der Waals surface area contributed by atoms with Gasteiger partial charge in [-0.1, -0.05) is 36.4 Å². The number of carbonyl (C=O) groups is 2. The van der Waals surface area contributed by atoms with Crippen molar-refractivity contribution in [1.82, 2.24) is 5.32 Å². The fourth-order valence-electron chi connectivity index (χ4n) is 6.60. The summed E-state index contributed by atoms with van der Waals surface area (Å²) in [6.45, 7) is 1.38. The Morgan fingerprint density at radius 2 is 2.00 bits per heavy atom. The quantitative estimate of drug-likeness (QED) is 0.736. The molecule has 2 N–H and O–H groups in total. The number of amides is 1. The lowest BCUT2D eigenvalue weighted by Gasteiger charge is -2.49. The minimum Gasteiger partial charge on any atom is -0.497 e. The third-order valence-corrected chi connectivity index (χ3v) is 7.94. The highest BCUT2D eigenvalue weighted by atomic mass is 16.6. The highest BCUT2D eigenvalue weighted by Gasteiger charge is 2.72. The van der Waals surface area contributed by atoms with Gasteiger partial charge in [0.15, 0.2) is 11.4 Å². The summed E-state index contributed by atoms with van der Waals surface area (Å²) in [4.78, 5) is 26.4. The van der Waals surface area contributed by atoms with Crippen molar-refractivity contribution in [1.29, 1.82) is 5.26 Å². The number of anilines is 1. The van der Waals surface area contributed by atoms with Gasteiger partial charge in [0, 0.05) is 36.4 Å². The van der Waals surface area contributed by atoms with E-state index >= 15 is 0 Å². The number of hydrogen-bond donors (Lipinski definition) is 2. The van der Waals surface area contributed by atoms with E-state index < -0.39 is 17.2 Å². The van der Waals surface area contributed by atoms with Crippen LogP contribution in [0.15, 0.2) is 54.6 Å². The molecular formula is C27H25N3O4. The number of methoxy groups -OCH3 is 1. The number of nitriles is 1. The van der Waals surface area contributed by atoms with Crippen LogP contribution in [0.25, 0.3) is 5.57 Å². The number of rotatable bonds is 3. The Bertz CT molecular complexity index is 1280. The summed E-state index contributed by atoms with van der Waals surface area (Å²) in [5, 5.41) is 17.0. The van der Waals surface area contributed by atoms with Crippen molar-refractivity contribution in [2.24, 2.45) is 11.8 Å². The van der Waals surface area contributed by atoms with Crippen LogP contribution in [0.5, 0.6) is 5.75 Å². The van der Waals surface area contributed by atoms with Crippen molar-refractivity contribution >= 4 is 23.0 Å². The van der Waals surface area contributed by atoms with E-state index in [0.717, 1.165) is 22.4 Å². The fourth-order valence-corrected chi connectivity index (χ4v) is 6.60. The highest BCUT2D eigenvalue weighted by molar-refractivity contribution is 6.00. The largest absolute Gasteiger partial charge is 0.497 e. The van der Waals surface area contributed by atoms with E-state index in [-0.39, 0.29) is 36.0 Å². The SMILES string of the molecule is COc1ccc([C@@H]2C[C@@]3(NC(C)=O)O[C@]2(C#N)[C@@H]2CC=C4c5ccccc5N[C@@H]4[C@@H]2C3=O)cc1. The monoisotopic (exact) mass is 455 g/mol. The normalized spacial score (nSPS) is 34.6. The number of Topliss-reactive ketones (excluding diaryl/α,β-unsaturated/α-hetero) is 1. The molecule has 2 bridgehead atoms. The van der Waals surface area contributed by atoms with Crippen LogP contribution in [0.4, 0.5) is 5.69 Å². The first-order valence-electron chi connectivity index (χ1n) is 11.6. The number of ether oxygens (including phenoxy) is 2. The van der Waals surface area contributed by atoms with Gasteiger partial charge >= 0.3 is 0 Å². The average Bonchev–Trinajstić information content (AvgIpc) is 3.37. The maximum atomic E-state index is 14.2. The lowest BCUT2D eigenvalue weighted by Crippen LogP contribution is -2.66. The number of carbonyl (C=O) groups excluding carboxylic acids is 2. The molecule has 0 spiro atoms. The zero-order valence-corrected chi connectivity index (χ0v) is 19.0. The van der Waals surface area contributed by atoms with Gasteiger partial charge in [0.25, 0.3) is 0 Å². The molecule has 2 fully saturated rings. The van der Waals surface area contributed by atoms with Crippen LogP contribution in [0, 0.1) is 23.2 Å². The molecule has 0 saturated carbocycles. The molecule has 2 aromatic rings. The molecule has 4 aliphatic rings. The maximum absolute atomic E-state index is 14.2. The Morgan fingerprint density at radius 3 is 2.71 bits per heavy atom. The summed E-state index contributed by atoms with van der Waals surface area (Å²) in [7, 11) is 1.60. The molecule has 6 atom stereocenters. The first-order valence-corrected chi connectivity index (χ1v) is 11.6. The van der Waals surface area contributed by atoms with Gasteiger partial charge in [-0.2, -0.15) is 5.26 Å². The van der Waals surface area contributed by atoms with Gasteiger partial charge in [0.2, 0.25) is 11.6 Å². The highest BCUT2D eigenvalue weighted by Crippen LogP contribution is 2.62. The number of benzene rings is 2. The molecule has 1 amide bonds. The van der Waals surface area contributed by atoms with E-state index in [4.69, 9.17) is 9.47 Å². The third-order valence-electron chi connectivity index (χ3n) is 7.94. The molecular weight excluding hydrogens is 430 g/mol. The Labute approximate surface area is 197 Å². The van der Waals surface area contributed by atoms with Crippen LogP contribution >= 0.6 is 0 Å². The van der Waals surface area contributed by atoms with Crippen LogP contribution in [0.2, 0.25) is 0 Å². The summed E-state index contributed by atoms with van der Waals surface area (Å²) in [6, 6.07) is 17.8. The van der Waals surface area contributed by atoms with Crippen LogP contribution in [0.3, 0.4) is 0 Å². The van der Waals surface area contributed by atoms with E-state index in [1.165, 1.54) is 6.92 Å². The van der Waals surface area contributed by atoms with Gasteiger partial charge in [-0.05, 0) is 35.8 Å². The lowest BCUT2D eigenvalue weighted by atomic mass is 9.63. The fraction of sp³-hybridized carbons (Fsp3) is 0.370. The summed E-state index contributed by atoms with van der Waals surface area (Å²) < 4.78 is 11.7. The standard InChI is InChI=1S/C27H25N3O4/c1-15(31)30-27-13-21(16-7-9-17(33-2)10-8-16)26(14-28,34-27)20-12-11-19-18-5-3-4-6-22(18)29-24(19)23(20)25(27)32/h3-11,20-21,23-24,29H,12-13H2,1-2H3,(H,30,31)/t20-,21+,23-,24+,26-,27-/m1/s1. The van der Waals surface area contributed by atoms with Gasteiger partial charge < -0.3 is 20.1 Å². The van der Waals surface area contributed by atoms with Crippen LogP contribution in [-0.4, -0.2) is 36.2 Å². The van der Waals surface area contributed by atoms with Gasteiger partial charge in [0.1, 0.15) is 5.75 Å². The average molecular weight is 456 g/mol. The molecule has 2 aromatic carbocycles. The van der Waals surface area contributed by atoms with Gasteiger partial charge in [-0.15, -0.1) is 0 Å². The summed E-state index contributed by atoms with van der Waals surface area (Å²) in [5.41, 5.74) is 1.25. The molecule has 7 nitrogen and oxygen atoms in total. The first-order chi connectivity index (χ1) is 16.4. The first kappa shape index (κ1) is 20.9. The molecule has 3 aliphatic heterocycles. The van der Waals surface area contributed by atoms with Crippen molar-refractivity contribution in [3.63, 3.8) is 0 Å². The number of hydrogen-bond acceptors (Lipinski definition) is 6. The Morgan fingerprint density at radius 1 is 1.24 bits per heavy atom. The van der Waals surface area contributed by atoms with Crippen molar-refractivity contribution < 1.29 is 19.1 Å². The zero-order valence-electron chi connectivity index (χ0n) is 19.0. The molecule has 0 radical (unpaired) electrons. The third kappa shape index (κ3) is 2.66. The Kier molecular flexibility index (Phi) is 4.42. The molecule has 2 saturated heterocycles. The number of ketones is 1. The van der Waals surface area contributed by atoms with Gasteiger partial charge in [0.05, 0.1) is 25.1 Å². The van der Waals surface area contributed by atoms with Crippen molar-refractivity contribution in [3.8, 4) is 11.8 Å². The van der Waals surface area contributed by atoms with Crippen LogP contribution in [-0.2, 0) is 14.3 Å². The lowest BCUT2D eigenvalue weighted by molar-refractivity contribution is -0.191. The topological polar surface area (TPSA) is 100 Å². The molecule has 1 aliphatic carbocycles. The summed E-state index contributed by atoms with van der Waals surface area (Å²) in [6.07, 6.45) is 2.91. The zero-order chi connectivity index (χ0) is 23.7. The summed E-state index contributed by atoms with van der Waals surface area (Å²) >= 11 is 0. The molecule has 3 heterocycles. The minimum atomic E-state index is -1.54.